The maximum Gasteiger partial charge on any atom is 0.143 e. The molecule has 1 unspecified atom stereocenters. The Balaban J connectivity index is 1.70. The monoisotopic (exact) mass is 326 g/mol. The number of aromatic amines is 1. The number of aromatic nitrogens is 3. The third kappa shape index (κ3) is 2.53. The molecule has 0 radical (unpaired) electrons. The summed E-state index contributed by atoms with van der Waals surface area (Å²) in [5, 5.41) is 1.05. The van der Waals surface area contributed by atoms with Crippen molar-refractivity contribution in [2.45, 2.75) is 19.4 Å². The first-order valence-electron chi connectivity index (χ1n) is 8.20. The van der Waals surface area contributed by atoms with E-state index in [-0.39, 0.29) is 11.9 Å². The number of halogens is 1. The largest absolute Gasteiger partial charge is 0.370 e. The Morgan fingerprint density at radius 3 is 3.04 bits per heavy atom. The van der Waals surface area contributed by atoms with Crippen LogP contribution in [-0.2, 0) is 11.2 Å². The van der Waals surface area contributed by atoms with E-state index < -0.39 is 0 Å². The molecule has 5 nitrogen and oxygen atoms in total. The van der Waals surface area contributed by atoms with Crippen LogP contribution in [0.25, 0.3) is 11.0 Å². The molecule has 1 aliphatic rings. The topological polar surface area (TPSA) is 54.0 Å². The number of H-pyrrole nitrogens is 1. The van der Waals surface area contributed by atoms with Crippen LogP contribution < -0.4 is 4.90 Å². The summed E-state index contributed by atoms with van der Waals surface area (Å²) in [5.74, 6) is 0.663. The predicted octanol–water partition coefficient (Wildman–Crippen LogP) is 3.24. The van der Waals surface area contributed by atoms with Gasteiger partial charge < -0.3 is 14.6 Å². The highest BCUT2D eigenvalue weighted by Crippen LogP contribution is 2.31. The highest BCUT2D eigenvalue weighted by molar-refractivity contribution is 5.90. The van der Waals surface area contributed by atoms with E-state index in [1.54, 1.807) is 18.5 Å². The van der Waals surface area contributed by atoms with Gasteiger partial charge in [0, 0.05) is 24.8 Å². The van der Waals surface area contributed by atoms with Gasteiger partial charge in [-0.05, 0) is 18.1 Å². The Hall–Kier alpha value is -2.47. The lowest BCUT2D eigenvalue weighted by atomic mass is 10.1. The molecule has 1 saturated heterocycles. The lowest BCUT2D eigenvalue weighted by molar-refractivity contribution is 0.0373. The molecule has 0 saturated carbocycles. The molecule has 1 atom stereocenters. The number of morpholine rings is 1. The van der Waals surface area contributed by atoms with Crippen LogP contribution in [0.3, 0.4) is 0 Å². The number of rotatable bonds is 3. The second-order valence-electron chi connectivity index (χ2n) is 5.92. The van der Waals surface area contributed by atoms with E-state index >= 15 is 0 Å². The fraction of sp³-hybridized carbons (Fsp3) is 0.333. The van der Waals surface area contributed by atoms with Crippen molar-refractivity contribution in [1.29, 1.82) is 0 Å². The summed E-state index contributed by atoms with van der Waals surface area (Å²) in [6.45, 7) is 3.95. The zero-order valence-electron chi connectivity index (χ0n) is 13.5. The van der Waals surface area contributed by atoms with Crippen molar-refractivity contribution in [3.63, 3.8) is 0 Å². The van der Waals surface area contributed by atoms with Crippen LogP contribution in [0.15, 0.2) is 36.8 Å². The van der Waals surface area contributed by atoms with Gasteiger partial charge in [0.2, 0.25) is 0 Å². The lowest BCUT2D eigenvalue weighted by Crippen LogP contribution is -2.39. The van der Waals surface area contributed by atoms with Crippen LogP contribution in [0.5, 0.6) is 0 Å². The van der Waals surface area contributed by atoms with E-state index in [4.69, 9.17) is 4.74 Å². The second-order valence-corrected chi connectivity index (χ2v) is 5.92. The average Bonchev–Trinajstić information content (AvgIpc) is 3.05. The maximum absolute atomic E-state index is 14.1. The highest BCUT2D eigenvalue weighted by atomic mass is 19.1. The summed E-state index contributed by atoms with van der Waals surface area (Å²) in [6, 6.07) is 6.79. The van der Waals surface area contributed by atoms with Crippen LogP contribution in [-0.4, -0.2) is 34.6 Å². The Morgan fingerprint density at radius 2 is 2.21 bits per heavy atom. The standard InChI is InChI=1S/C18H19FN4O/c1-2-12-9-20-17-16(12)18(22-11-21-17)23-7-8-24-15(10-23)13-5-3-4-6-14(13)19/h3-6,9,11,15H,2,7-8,10H2,1H3,(H,20,21,22). The second kappa shape index (κ2) is 6.20. The fourth-order valence-corrected chi connectivity index (χ4v) is 3.29. The van der Waals surface area contributed by atoms with Gasteiger partial charge in [-0.25, -0.2) is 14.4 Å². The fourth-order valence-electron chi connectivity index (χ4n) is 3.29. The SMILES string of the molecule is CCc1c[nH]c2ncnc(N3CCOC(c4ccccc4F)C3)c12. The van der Waals surface area contributed by atoms with E-state index in [2.05, 4.69) is 26.8 Å². The molecule has 124 valence electrons. The Kier molecular flexibility index (Phi) is 3.90. The molecule has 2 aromatic heterocycles. The smallest absolute Gasteiger partial charge is 0.143 e. The number of hydrogen-bond donors (Lipinski definition) is 1. The number of nitrogens with zero attached hydrogens (tertiary/aromatic N) is 3. The van der Waals surface area contributed by atoms with Crippen molar-refractivity contribution in [3.8, 4) is 0 Å². The van der Waals surface area contributed by atoms with Gasteiger partial charge >= 0.3 is 0 Å². The lowest BCUT2D eigenvalue weighted by Gasteiger charge is -2.34. The van der Waals surface area contributed by atoms with Gasteiger partial charge in [0.25, 0.3) is 0 Å². The van der Waals surface area contributed by atoms with Crippen molar-refractivity contribution in [2.24, 2.45) is 0 Å². The zero-order valence-corrected chi connectivity index (χ0v) is 13.5. The summed E-state index contributed by atoms with van der Waals surface area (Å²) in [5.41, 5.74) is 2.62. The summed E-state index contributed by atoms with van der Waals surface area (Å²) in [4.78, 5) is 14.2. The van der Waals surface area contributed by atoms with Gasteiger partial charge in [-0.2, -0.15) is 0 Å². The number of fused-ring (bicyclic) bond motifs is 1. The molecule has 24 heavy (non-hydrogen) atoms. The Morgan fingerprint density at radius 1 is 1.33 bits per heavy atom. The molecule has 1 aromatic carbocycles. The molecule has 1 fully saturated rings. The van der Waals surface area contributed by atoms with Crippen molar-refractivity contribution in [1.82, 2.24) is 15.0 Å². The maximum atomic E-state index is 14.1. The Bertz CT molecular complexity index is 863. The summed E-state index contributed by atoms with van der Waals surface area (Å²) < 4.78 is 19.9. The average molecular weight is 326 g/mol. The Labute approximate surface area is 139 Å². The first-order chi connectivity index (χ1) is 11.8. The normalized spacial score (nSPS) is 18.2. The van der Waals surface area contributed by atoms with Crippen LogP contribution in [0.4, 0.5) is 10.2 Å². The van der Waals surface area contributed by atoms with Crippen molar-refractivity contribution in [2.75, 3.05) is 24.6 Å². The van der Waals surface area contributed by atoms with Crippen LogP contribution in [0.1, 0.15) is 24.2 Å². The minimum Gasteiger partial charge on any atom is -0.370 e. The summed E-state index contributed by atoms with van der Waals surface area (Å²) in [6.07, 6.45) is 4.16. The molecule has 6 heteroatoms. The molecule has 0 spiro atoms. The number of ether oxygens (including phenoxy) is 1. The quantitative estimate of drug-likeness (QED) is 0.803. The number of benzene rings is 1. The van der Waals surface area contributed by atoms with E-state index in [1.807, 2.05) is 12.3 Å². The van der Waals surface area contributed by atoms with Gasteiger partial charge in [0.15, 0.2) is 0 Å². The van der Waals surface area contributed by atoms with Crippen molar-refractivity contribution >= 4 is 16.9 Å². The third-order valence-electron chi connectivity index (χ3n) is 4.53. The minimum atomic E-state index is -0.297. The first kappa shape index (κ1) is 15.1. The summed E-state index contributed by atoms with van der Waals surface area (Å²) >= 11 is 0. The third-order valence-corrected chi connectivity index (χ3v) is 4.53. The summed E-state index contributed by atoms with van der Waals surface area (Å²) in [7, 11) is 0. The van der Waals surface area contributed by atoms with Crippen LogP contribution in [0.2, 0.25) is 0 Å². The number of anilines is 1. The number of aryl methyl sites for hydroxylation is 1. The number of hydrogen-bond acceptors (Lipinski definition) is 4. The van der Waals surface area contributed by atoms with Crippen molar-refractivity contribution in [3.05, 3.63) is 53.7 Å². The van der Waals surface area contributed by atoms with Crippen LogP contribution in [0, 0.1) is 5.82 Å². The molecule has 3 aromatic rings. The van der Waals surface area contributed by atoms with E-state index in [0.717, 1.165) is 29.8 Å². The van der Waals surface area contributed by atoms with Crippen LogP contribution >= 0.6 is 0 Å². The van der Waals surface area contributed by atoms with Gasteiger partial charge in [0.05, 0.1) is 12.0 Å². The van der Waals surface area contributed by atoms with Gasteiger partial charge in [0.1, 0.15) is 29.7 Å². The number of nitrogens with one attached hydrogen (secondary N) is 1. The molecule has 0 aliphatic carbocycles. The van der Waals surface area contributed by atoms with E-state index in [0.29, 0.717) is 18.7 Å². The molecular formula is C18H19FN4O. The van der Waals surface area contributed by atoms with Gasteiger partial charge in [-0.3, -0.25) is 0 Å². The van der Waals surface area contributed by atoms with E-state index in [9.17, 15) is 4.39 Å². The molecule has 1 N–H and O–H groups in total. The molecule has 0 bridgehead atoms. The van der Waals surface area contributed by atoms with E-state index in [1.165, 1.54) is 11.6 Å². The predicted molar refractivity (Wildman–Crippen MR) is 90.6 cm³/mol. The van der Waals surface area contributed by atoms with Gasteiger partial charge in [-0.15, -0.1) is 0 Å². The minimum absolute atomic E-state index is 0.229. The molecular weight excluding hydrogens is 307 g/mol. The molecule has 0 amide bonds. The zero-order chi connectivity index (χ0) is 16.5. The molecule has 3 heterocycles. The van der Waals surface area contributed by atoms with Crippen molar-refractivity contribution < 1.29 is 9.13 Å². The molecule has 1 aliphatic heterocycles. The highest BCUT2D eigenvalue weighted by Gasteiger charge is 2.26. The molecule has 4 rings (SSSR count). The first-order valence-corrected chi connectivity index (χ1v) is 8.20. The van der Waals surface area contributed by atoms with Gasteiger partial charge in [-0.1, -0.05) is 25.1 Å².